The number of rotatable bonds is 38. The molecule has 252 valence electrons. The Kier molecular flexibility index (Phi) is 38.5. The summed E-state index contributed by atoms with van der Waals surface area (Å²) in [6.07, 6.45) is -0.000958. The fraction of sp³-hybridized carbons (Fsp3) is 0.963. The summed E-state index contributed by atoms with van der Waals surface area (Å²) in [4.78, 5) is 10.3. The number of halogens is 1. The van der Waals surface area contributed by atoms with Crippen molar-refractivity contribution in [3.63, 3.8) is 0 Å². The number of hydrogen-bond acceptors (Lipinski definition) is 13. The second-order valence-corrected chi connectivity index (χ2v) is 9.26. The molecule has 0 spiro atoms. The average molecular weight is 729 g/mol. The second kappa shape index (κ2) is 38.7. The molecule has 0 saturated heterocycles. The summed E-state index contributed by atoms with van der Waals surface area (Å²) in [5, 5.41) is 8.48. The van der Waals surface area contributed by atoms with Crippen LogP contribution in [0.2, 0.25) is 0 Å². The number of carboxylic acid groups (broad SMARTS) is 1. The first kappa shape index (κ1) is 41.7. The van der Waals surface area contributed by atoms with Crippen LogP contribution in [0.4, 0.5) is 0 Å². The molecular formula is C27H53IO14. The minimum Gasteiger partial charge on any atom is -0.481 e. The molecule has 0 rings (SSSR count). The van der Waals surface area contributed by atoms with E-state index < -0.39 is 5.97 Å². The molecule has 0 aromatic rings. The Balaban J connectivity index is 3.03. The summed E-state index contributed by atoms with van der Waals surface area (Å²) >= 11 is 2.27. The van der Waals surface area contributed by atoms with Gasteiger partial charge in [-0.15, -0.1) is 0 Å². The third kappa shape index (κ3) is 39.7. The summed E-state index contributed by atoms with van der Waals surface area (Å²) in [5.41, 5.74) is 0. The maximum Gasteiger partial charge on any atom is 0.305 e. The number of alkyl halides is 1. The molecule has 42 heavy (non-hydrogen) atoms. The van der Waals surface area contributed by atoms with Crippen molar-refractivity contribution in [1.82, 2.24) is 0 Å². The van der Waals surface area contributed by atoms with Crippen molar-refractivity contribution in [1.29, 1.82) is 0 Å². The summed E-state index contributed by atoms with van der Waals surface area (Å²) in [6, 6.07) is 0. The summed E-state index contributed by atoms with van der Waals surface area (Å²) in [7, 11) is 0. The lowest BCUT2D eigenvalue weighted by atomic mass is 10.5. The van der Waals surface area contributed by atoms with Gasteiger partial charge in [0.25, 0.3) is 0 Å². The molecule has 0 heterocycles. The Hall–Kier alpha value is -0.280. The van der Waals surface area contributed by atoms with E-state index in [1.54, 1.807) is 0 Å². The maximum atomic E-state index is 10.3. The summed E-state index contributed by atoms with van der Waals surface area (Å²) in [5.74, 6) is -0.873. The van der Waals surface area contributed by atoms with Crippen molar-refractivity contribution in [3.8, 4) is 0 Å². The molecule has 1 N–H and O–H groups in total. The van der Waals surface area contributed by atoms with Gasteiger partial charge in [-0.1, -0.05) is 22.6 Å². The van der Waals surface area contributed by atoms with Gasteiger partial charge in [-0.25, -0.2) is 0 Å². The average Bonchev–Trinajstić information content (AvgIpc) is 2.98. The molecule has 0 aliphatic carbocycles. The number of ether oxygens (including phenoxy) is 12. The molecule has 0 aliphatic rings. The molecule has 0 atom stereocenters. The highest BCUT2D eigenvalue weighted by atomic mass is 127. The SMILES string of the molecule is O=C(O)CCOCCOCCOCCOCCOCCOCCOCCOCCOCCOCCOCCOCCI. The van der Waals surface area contributed by atoms with E-state index in [1.165, 1.54) is 0 Å². The zero-order valence-electron chi connectivity index (χ0n) is 25.0. The van der Waals surface area contributed by atoms with Gasteiger partial charge in [-0.05, 0) is 0 Å². The first-order chi connectivity index (χ1) is 20.8. The van der Waals surface area contributed by atoms with Crippen molar-refractivity contribution < 1.29 is 66.7 Å². The lowest BCUT2D eigenvalue weighted by Gasteiger charge is -2.09. The van der Waals surface area contributed by atoms with Gasteiger partial charge < -0.3 is 61.9 Å². The largest absolute Gasteiger partial charge is 0.481 e. The van der Waals surface area contributed by atoms with Crippen LogP contribution < -0.4 is 0 Å². The second-order valence-electron chi connectivity index (χ2n) is 8.18. The normalized spacial score (nSPS) is 11.5. The molecule has 0 aromatic heterocycles. The van der Waals surface area contributed by atoms with Gasteiger partial charge in [0.15, 0.2) is 0 Å². The van der Waals surface area contributed by atoms with Crippen LogP contribution in [0.5, 0.6) is 0 Å². The van der Waals surface area contributed by atoms with Gasteiger partial charge in [0.2, 0.25) is 0 Å². The third-order valence-corrected chi connectivity index (χ3v) is 5.21. The Morgan fingerprint density at radius 1 is 0.333 bits per heavy atom. The van der Waals surface area contributed by atoms with Crippen LogP contribution in [-0.4, -0.2) is 174 Å². The molecule has 0 saturated carbocycles. The number of carboxylic acids is 1. The minimum absolute atomic E-state index is 0.000958. The van der Waals surface area contributed by atoms with E-state index in [4.69, 9.17) is 61.9 Å². The van der Waals surface area contributed by atoms with Gasteiger partial charge in [0.05, 0.1) is 165 Å². The lowest BCUT2D eigenvalue weighted by molar-refractivity contribution is -0.138. The monoisotopic (exact) mass is 728 g/mol. The fourth-order valence-electron chi connectivity index (χ4n) is 2.74. The highest BCUT2D eigenvalue weighted by molar-refractivity contribution is 14.1. The minimum atomic E-state index is -0.873. The molecule has 0 fully saturated rings. The summed E-state index contributed by atoms with van der Waals surface area (Å²) in [6.45, 7) is 12.0. The number of aliphatic carboxylic acids is 1. The van der Waals surface area contributed by atoms with Crippen LogP contribution in [0, 0.1) is 0 Å². The first-order valence-electron chi connectivity index (χ1n) is 14.5. The molecule has 14 nitrogen and oxygen atoms in total. The van der Waals surface area contributed by atoms with E-state index in [0.29, 0.717) is 145 Å². The molecule has 0 unspecified atom stereocenters. The van der Waals surface area contributed by atoms with Gasteiger partial charge in [-0.3, -0.25) is 4.79 Å². The molecular weight excluding hydrogens is 675 g/mol. The predicted octanol–water partition coefficient (Wildman–Crippen LogP) is 1.10. The van der Waals surface area contributed by atoms with Crippen LogP contribution >= 0.6 is 22.6 Å². The maximum absolute atomic E-state index is 10.3. The van der Waals surface area contributed by atoms with Crippen LogP contribution in [-0.2, 0) is 61.6 Å². The van der Waals surface area contributed by atoms with Gasteiger partial charge in [-0.2, -0.15) is 0 Å². The number of hydrogen-bond donors (Lipinski definition) is 1. The van der Waals surface area contributed by atoms with Gasteiger partial charge in [0, 0.05) is 4.43 Å². The van der Waals surface area contributed by atoms with Crippen LogP contribution in [0.1, 0.15) is 6.42 Å². The molecule has 15 heteroatoms. The Morgan fingerprint density at radius 3 is 0.667 bits per heavy atom. The van der Waals surface area contributed by atoms with E-state index in [9.17, 15) is 4.79 Å². The smallest absolute Gasteiger partial charge is 0.305 e. The van der Waals surface area contributed by atoms with Crippen LogP contribution in [0.3, 0.4) is 0 Å². The standard InChI is InChI=1S/C27H53IO14/c28-2-4-32-6-8-34-10-12-36-14-16-38-18-20-40-22-24-42-26-25-41-23-21-39-19-17-37-15-13-35-11-9-33-7-5-31-3-1-27(29)30/h1-26H2,(H,29,30). The topological polar surface area (TPSA) is 148 Å². The third-order valence-electron chi connectivity index (χ3n) is 4.77. The first-order valence-corrected chi connectivity index (χ1v) is 16.0. The molecule has 0 bridgehead atoms. The zero-order chi connectivity index (χ0) is 30.4. The van der Waals surface area contributed by atoms with E-state index in [2.05, 4.69) is 22.6 Å². The Labute approximate surface area is 264 Å². The van der Waals surface area contributed by atoms with Crippen molar-refractivity contribution in [2.24, 2.45) is 0 Å². The fourth-order valence-corrected chi connectivity index (χ4v) is 3.05. The van der Waals surface area contributed by atoms with Gasteiger partial charge in [0.1, 0.15) is 0 Å². The lowest BCUT2D eigenvalue weighted by Crippen LogP contribution is -2.15. The van der Waals surface area contributed by atoms with E-state index in [0.717, 1.165) is 11.0 Å². The van der Waals surface area contributed by atoms with E-state index in [1.807, 2.05) is 0 Å². The van der Waals surface area contributed by atoms with Crippen molar-refractivity contribution >= 4 is 28.6 Å². The molecule has 0 amide bonds. The van der Waals surface area contributed by atoms with Gasteiger partial charge >= 0.3 is 5.97 Å². The predicted molar refractivity (Wildman–Crippen MR) is 161 cm³/mol. The molecule has 0 radical (unpaired) electrons. The molecule has 0 aliphatic heterocycles. The van der Waals surface area contributed by atoms with Crippen molar-refractivity contribution in [2.75, 3.05) is 163 Å². The quantitative estimate of drug-likeness (QED) is 0.0550. The Morgan fingerprint density at radius 2 is 0.500 bits per heavy atom. The summed E-state index contributed by atoms with van der Waals surface area (Å²) < 4.78 is 65.6. The highest BCUT2D eigenvalue weighted by Crippen LogP contribution is 1.88. The Bertz CT molecular complexity index is 521. The van der Waals surface area contributed by atoms with E-state index >= 15 is 0 Å². The van der Waals surface area contributed by atoms with Crippen molar-refractivity contribution in [3.05, 3.63) is 0 Å². The van der Waals surface area contributed by atoms with Crippen LogP contribution in [0.25, 0.3) is 0 Å². The van der Waals surface area contributed by atoms with Crippen LogP contribution in [0.15, 0.2) is 0 Å². The molecule has 0 aromatic carbocycles. The van der Waals surface area contributed by atoms with E-state index in [-0.39, 0.29) is 13.0 Å². The highest BCUT2D eigenvalue weighted by Gasteiger charge is 1.98. The number of carbonyl (C=O) groups is 1. The van der Waals surface area contributed by atoms with Crippen molar-refractivity contribution in [2.45, 2.75) is 6.42 Å². The zero-order valence-corrected chi connectivity index (χ0v) is 27.2.